The van der Waals surface area contributed by atoms with E-state index in [0.717, 1.165) is 11.3 Å². The Morgan fingerprint density at radius 1 is 1.30 bits per heavy atom. The molecule has 5 heteroatoms. The second kappa shape index (κ2) is 7.14. The van der Waals surface area contributed by atoms with Crippen molar-refractivity contribution in [1.82, 2.24) is 5.32 Å². The number of carbonyl (C=O) groups excluding carboxylic acids is 1. The molecule has 1 aromatic carbocycles. The molecule has 1 unspecified atom stereocenters. The predicted octanol–water partition coefficient (Wildman–Crippen LogP) is 2.68. The third kappa shape index (κ3) is 5.93. The van der Waals surface area contributed by atoms with Gasteiger partial charge in [-0.2, -0.15) is 0 Å². The quantitative estimate of drug-likeness (QED) is 0.725. The van der Waals surface area contributed by atoms with Crippen molar-refractivity contribution in [2.75, 3.05) is 18.4 Å². The van der Waals surface area contributed by atoms with Crippen LogP contribution in [0.4, 0.5) is 10.5 Å². The van der Waals surface area contributed by atoms with Crippen molar-refractivity contribution < 1.29 is 14.6 Å². The Bertz CT molecular complexity index is 439. The standard InChI is InChI=1S/C15H24N2O3/c1-11(18)12-7-5-6-8-13(12)16-9-10-17-14(19)20-15(2,3)4/h5-8,11,16,18H,9-10H2,1-4H3,(H,17,19). The van der Waals surface area contributed by atoms with E-state index < -0.39 is 17.8 Å². The van der Waals surface area contributed by atoms with Crippen molar-refractivity contribution in [2.24, 2.45) is 0 Å². The van der Waals surface area contributed by atoms with E-state index in [9.17, 15) is 9.90 Å². The molecular formula is C15H24N2O3. The summed E-state index contributed by atoms with van der Waals surface area (Å²) >= 11 is 0. The van der Waals surface area contributed by atoms with E-state index in [2.05, 4.69) is 10.6 Å². The predicted molar refractivity (Wildman–Crippen MR) is 79.8 cm³/mol. The maximum Gasteiger partial charge on any atom is 0.407 e. The van der Waals surface area contributed by atoms with Crippen molar-refractivity contribution >= 4 is 11.8 Å². The zero-order chi connectivity index (χ0) is 15.2. The smallest absolute Gasteiger partial charge is 0.407 e. The Morgan fingerprint density at radius 2 is 1.95 bits per heavy atom. The Balaban J connectivity index is 2.37. The number of aliphatic hydroxyl groups is 1. The van der Waals surface area contributed by atoms with Gasteiger partial charge in [0.2, 0.25) is 0 Å². The molecule has 1 amide bonds. The lowest BCUT2D eigenvalue weighted by molar-refractivity contribution is 0.0530. The fourth-order valence-electron chi connectivity index (χ4n) is 1.70. The molecule has 0 spiro atoms. The molecule has 0 aliphatic carbocycles. The molecule has 1 rings (SSSR count). The van der Waals surface area contributed by atoms with Gasteiger partial charge in [-0.15, -0.1) is 0 Å². The van der Waals surface area contributed by atoms with Crippen molar-refractivity contribution in [2.45, 2.75) is 39.4 Å². The Kier molecular flexibility index (Phi) is 5.82. The molecule has 20 heavy (non-hydrogen) atoms. The van der Waals surface area contributed by atoms with Crippen LogP contribution in [0.25, 0.3) is 0 Å². The van der Waals surface area contributed by atoms with Gasteiger partial charge < -0.3 is 20.5 Å². The molecule has 0 aromatic heterocycles. The van der Waals surface area contributed by atoms with Gasteiger partial charge in [0.25, 0.3) is 0 Å². The number of para-hydroxylation sites is 1. The van der Waals surface area contributed by atoms with Crippen molar-refractivity contribution in [3.05, 3.63) is 29.8 Å². The molecule has 112 valence electrons. The van der Waals surface area contributed by atoms with Gasteiger partial charge in [0.05, 0.1) is 6.10 Å². The largest absolute Gasteiger partial charge is 0.444 e. The molecule has 0 bridgehead atoms. The molecule has 1 atom stereocenters. The minimum Gasteiger partial charge on any atom is -0.444 e. The summed E-state index contributed by atoms with van der Waals surface area (Å²) in [5, 5.41) is 15.5. The van der Waals surface area contributed by atoms with Crippen molar-refractivity contribution in [3.8, 4) is 0 Å². The lowest BCUT2D eigenvalue weighted by Crippen LogP contribution is -2.35. The third-order valence-electron chi connectivity index (χ3n) is 2.52. The summed E-state index contributed by atoms with van der Waals surface area (Å²) in [5.41, 5.74) is 1.22. The number of nitrogens with one attached hydrogen (secondary N) is 2. The number of aliphatic hydroxyl groups excluding tert-OH is 1. The summed E-state index contributed by atoms with van der Waals surface area (Å²) in [5.74, 6) is 0. The fourth-order valence-corrected chi connectivity index (χ4v) is 1.70. The van der Waals surface area contributed by atoms with Crippen LogP contribution in [0.2, 0.25) is 0 Å². The lowest BCUT2D eigenvalue weighted by atomic mass is 10.1. The van der Waals surface area contributed by atoms with Crippen LogP contribution in [-0.2, 0) is 4.74 Å². The molecule has 0 saturated heterocycles. The molecule has 0 fully saturated rings. The van der Waals surface area contributed by atoms with Gasteiger partial charge in [-0.25, -0.2) is 4.79 Å². The molecule has 0 heterocycles. The van der Waals surface area contributed by atoms with Crippen LogP contribution >= 0.6 is 0 Å². The SMILES string of the molecule is CC(O)c1ccccc1NCCNC(=O)OC(C)(C)C. The summed E-state index contributed by atoms with van der Waals surface area (Å²) in [6.07, 6.45) is -0.958. The first-order valence-corrected chi connectivity index (χ1v) is 6.77. The number of ether oxygens (including phenoxy) is 1. The molecule has 0 aliphatic rings. The molecule has 1 aromatic rings. The van der Waals surface area contributed by atoms with Gasteiger partial charge in [0, 0.05) is 24.3 Å². The molecule has 0 aliphatic heterocycles. The van der Waals surface area contributed by atoms with Gasteiger partial charge in [0.15, 0.2) is 0 Å². The van der Waals surface area contributed by atoms with E-state index in [1.807, 2.05) is 45.0 Å². The number of hydrogen-bond donors (Lipinski definition) is 3. The molecule has 5 nitrogen and oxygen atoms in total. The second-order valence-corrected chi connectivity index (χ2v) is 5.62. The highest BCUT2D eigenvalue weighted by Crippen LogP contribution is 2.21. The van der Waals surface area contributed by atoms with Crippen molar-refractivity contribution in [1.29, 1.82) is 0 Å². The molecular weight excluding hydrogens is 256 g/mol. The number of alkyl carbamates (subject to hydrolysis) is 1. The average Bonchev–Trinajstić information content (AvgIpc) is 2.33. The Hall–Kier alpha value is -1.75. The van der Waals surface area contributed by atoms with Crippen LogP contribution in [0.1, 0.15) is 39.4 Å². The number of anilines is 1. The number of rotatable bonds is 5. The first-order valence-electron chi connectivity index (χ1n) is 6.77. The monoisotopic (exact) mass is 280 g/mol. The van der Waals surface area contributed by atoms with Crippen molar-refractivity contribution in [3.63, 3.8) is 0 Å². The highest BCUT2D eigenvalue weighted by molar-refractivity contribution is 5.67. The second-order valence-electron chi connectivity index (χ2n) is 5.62. The number of carbonyl (C=O) groups is 1. The fraction of sp³-hybridized carbons (Fsp3) is 0.533. The summed E-state index contributed by atoms with van der Waals surface area (Å²) in [7, 11) is 0. The Morgan fingerprint density at radius 3 is 2.55 bits per heavy atom. The molecule has 3 N–H and O–H groups in total. The number of hydrogen-bond acceptors (Lipinski definition) is 4. The maximum absolute atomic E-state index is 11.4. The van der Waals surface area contributed by atoms with Crippen LogP contribution in [0.15, 0.2) is 24.3 Å². The summed E-state index contributed by atoms with van der Waals surface area (Å²) in [4.78, 5) is 11.4. The number of amides is 1. The van der Waals surface area contributed by atoms with E-state index in [1.54, 1.807) is 6.92 Å². The van der Waals surface area contributed by atoms with E-state index in [0.29, 0.717) is 13.1 Å². The van der Waals surface area contributed by atoms with E-state index in [4.69, 9.17) is 4.74 Å². The first kappa shape index (κ1) is 16.3. The highest BCUT2D eigenvalue weighted by atomic mass is 16.6. The van der Waals surface area contributed by atoms with Gasteiger partial charge in [-0.1, -0.05) is 18.2 Å². The van der Waals surface area contributed by atoms with Gasteiger partial charge in [-0.05, 0) is 33.8 Å². The minimum atomic E-state index is -0.530. The van der Waals surface area contributed by atoms with Gasteiger partial charge >= 0.3 is 6.09 Å². The Labute approximate surface area is 120 Å². The maximum atomic E-state index is 11.4. The average molecular weight is 280 g/mol. The topological polar surface area (TPSA) is 70.6 Å². The number of benzene rings is 1. The molecule has 0 radical (unpaired) electrons. The van der Waals surface area contributed by atoms with Gasteiger partial charge in [-0.3, -0.25) is 0 Å². The zero-order valence-electron chi connectivity index (χ0n) is 12.6. The summed E-state index contributed by atoms with van der Waals surface area (Å²) in [6, 6.07) is 7.55. The van der Waals surface area contributed by atoms with E-state index >= 15 is 0 Å². The van der Waals surface area contributed by atoms with Crippen LogP contribution in [-0.4, -0.2) is 29.9 Å². The highest BCUT2D eigenvalue weighted by Gasteiger charge is 2.15. The molecule has 0 saturated carbocycles. The van der Waals surface area contributed by atoms with Crippen LogP contribution in [0, 0.1) is 0 Å². The summed E-state index contributed by atoms with van der Waals surface area (Å²) in [6.45, 7) is 8.20. The van der Waals surface area contributed by atoms with E-state index in [1.165, 1.54) is 0 Å². The normalized spacial score (nSPS) is 12.7. The first-order chi connectivity index (χ1) is 9.29. The zero-order valence-corrected chi connectivity index (χ0v) is 12.6. The van der Waals surface area contributed by atoms with Gasteiger partial charge in [0.1, 0.15) is 5.60 Å². The lowest BCUT2D eigenvalue weighted by Gasteiger charge is -2.20. The summed E-state index contributed by atoms with van der Waals surface area (Å²) < 4.78 is 5.13. The van der Waals surface area contributed by atoms with Crippen LogP contribution in [0.5, 0.6) is 0 Å². The van der Waals surface area contributed by atoms with Crippen LogP contribution in [0.3, 0.4) is 0 Å². The van der Waals surface area contributed by atoms with E-state index in [-0.39, 0.29) is 0 Å². The van der Waals surface area contributed by atoms with Crippen LogP contribution < -0.4 is 10.6 Å². The minimum absolute atomic E-state index is 0.428. The third-order valence-corrected chi connectivity index (χ3v) is 2.52.